The predicted octanol–water partition coefficient (Wildman–Crippen LogP) is 2.81. The molecule has 1 aromatic carbocycles. The van der Waals surface area contributed by atoms with Crippen molar-refractivity contribution in [2.24, 2.45) is 0 Å². The van der Waals surface area contributed by atoms with E-state index in [4.69, 9.17) is 4.74 Å². The molecule has 1 aromatic rings. The third kappa shape index (κ3) is 2.50. The number of ether oxygens (including phenoxy) is 1. The van der Waals surface area contributed by atoms with Crippen molar-refractivity contribution < 1.29 is 19.4 Å². The first-order valence-electron chi connectivity index (χ1n) is 6.28. The van der Waals surface area contributed by atoms with Crippen molar-refractivity contribution in [2.75, 3.05) is 0 Å². The molecule has 0 radical (unpaired) electrons. The van der Waals surface area contributed by atoms with E-state index in [-0.39, 0.29) is 11.3 Å². The fraction of sp³-hybridized carbons (Fsp3) is 0.250. The lowest BCUT2D eigenvalue weighted by Crippen LogP contribution is -2.21. The number of rotatable bonds is 3. The standard InChI is InChI=1S/C16H16O4/c1-10-14(15(19)20-16(10,2)3)13(18)9-12(17)11-7-5-4-6-8-11/h4-9,17H,1-3H3/b12-9-. The number of esters is 1. The largest absolute Gasteiger partial charge is 0.507 e. The van der Waals surface area contributed by atoms with E-state index in [0.717, 1.165) is 6.08 Å². The molecular formula is C16H16O4. The molecule has 0 atom stereocenters. The number of benzene rings is 1. The van der Waals surface area contributed by atoms with Gasteiger partial charge in [0.25, 0.3) is 0 Å². The van der Waals surface area contributed by atoms with Crippen LogP contribution in [0.1, 0.15) is 26.3 Å². The minimum Gasteiger partial charge on any atom is -0.507 e. The van der Waals surface area contributed by atoms with Crippen molar-refractivity contribution >= 4 is 17.5 Å². The first-order chi connectivity index (χ1) is 9.33. The van der Waals surface area contributed by atoms with Gasteiger partial charge in [-0.25, -0.2) is 4.79 Å². The Labute approximate surface area is 117 Å². The van der Waals surface area contributed by atoms with Gasteiger partial charge in [0.15, 0.2) is 5.78 Å². The van der Waals surface area contributed by atoms with Crippen LogP contribution >= 0.6 is 0 Å². The lowest BCUT2D eigenvalue weighted by Gasteiger charge is -2.17. The quantitative estimate of drug-likeness (QED) is 0.398. The van der Waals surface area contributed by atoms with Gasteiger partial charge >= 0.3 is 5.97 Å². The molecule has 20 heavy (non-hydrogen) atoms. The molecule has 0 spiro atoms. The highest BCUT2D eigenvalue weighted by molar-refractivity contribution is 6.24. The van der Waals surface area contributed by atoms with E-state index >= 15 is 0 Å². The number of carbonyl (C=O) groups is 2. The predicted molar refractivity (Wildman–Crippen MR) is 74.9 cm³/mol. The Morgan fingerprint density at radius 1 is 1.25 bits per heavy atom. The van der Waals surface area contributed by atoms with Gasteiger partial charge < -0.3 is 9.84 Å². The molecule has 0 fully saturated rings. The second-order valence-corrected chi connectivity index (χ2v) is 5.16. The number of aliphatic hydroxyl groups is 1. The Hall–Kier alpha value is -2.36. The number of ketones is 1. The van der Waals surface area contributed by atoms with Crippen LogP contribution in [0.2, 0.25) is 0 Å². The zero-order valence-electron chi connectivity index (χ0n) is 11.6. The van der Waals surface area contributed by atoms with Crippen molar-refractivity contribution in [3.05, 3.63) is 53.1 Å². The SMILES string of the molecule is CC1=C(C(=O)/C=C(\O)c2ccccc2)C(=O)OC1(C)C. The monoisotopic (exact) mass is 272 g/mol. The van der Waals surface area contributed by atoms with Gasteiger partial charge in [-0.3, -0.25) is 4.79 Å². The van der Waals surface area contributed by atoms with Crippen molar-refractivity contribution in [3.63, 3.8) is 0 Å². The molecule has 1 aliphatic rings. The summed E-state index contributed by atoms with van der Waals surface area (Å²) in [7, 11) is 0. The van der Waals surface area contributed by atoms with E-state index < -0.39 is 17.4 Å². The van der Waals surface area contributed by atoms with Crippen LogP contribution in [-0.4, -0.2) is 22.5 Å². The molecule has 0 saturated heterocycles. The summed E-state index contributed by atoms with van der Waals surface area (Å²) in [5.74, 6) is -1.36. The summed E-state index contributed by atoms with van der Waals surface area (Å²) < 4.78 is 5.14. The Kier molecular flexibility index (Phi) is 3.49. The second kappa shape index (κ2) is 4.96. The number of hydrogen-bond donors (Lipinski definition) is 1. The summed E-state index contributed by atoms with van der Waals surface area (Å²) in [5.41, 5.74) is 0.310. The van der Waals surface area contributed by atoms with Crippen LogP contribution in [-0.2, 0) is 14.3 Å². The van der Waals surface area contributed by atoms with Gasteiger partial charge in [-0.1, -0.05) is 30.3 Å². The smallest absolute Gasteiger partial charge is 0.343 e. The Morgan fingerprint density at radius 3 is 2.35 bits per heavy atom. The van der Waals surface area contributed by atoms with E-state index in [0.29, 0.717) is 11.1 Å². The number of allylic oxidation sites excluding steroid dienone is 1. The Balaban J connectivity index is 2.34. The molecule has 0 bridgehead atoms. The normalized spacial score (nSPS) is 18.1. The first kappa shape index (κ1) is 14.1. The van der Waals surface area contributed by atoms with E-state index in [1.165, 1.54) is 0 Å². The average molecular weight is 272 g/mol. The van der Waals surface area contributed by atoms with Gasteiger partial charge in [-0.15, -0.1) is 0 Å². The van der Waals surface area contributed by atoms with Crippen LogP contribution < -0.4 is 0 Å². The Bertz CT molecular complexity index is 621. The van der Waals surface area contributed by atoms with Gasteiger partial charge in [0.2, 0.25) is 0 Å². The molecule has 2 rings (SSSR count). The van der Waals surface area contributed by atoms with Crippen LogP contribution in [0, 0.1) is 0 Å². The van der Waals surface area contributed by atoms with Crippen LogP contribution in [0.4, 0.5) is 0 Å². The van der Waals surface area contributed by atoms with E-state index in [2.05, 4.69) is 0 Å². The molecule has 0 unspecified atom stereocenters. The summed E-state index contributed by atoms with van der Waals surface area (Å²) in [6.07, 6.45) is 1.05. The molecule has 104 valence electrons. The fourth-order valence-corrected chi connectivity index (χ4v) is 1.99. The van der Waals surface area contributed by atoms with Gasteiger partial charge in [0.1, 0.15) is 16.9 Å². The zero-order valence-corrected chi connectivity index (χ0v) is 11.6. The van der Waals surface area contributed by atoms with Gasteiger partial charge in [-0.05, 0) is 26.3 Å². The molecule has 1 N–H and O–H groups in total. The highest BCUT2D eigenvalue weighted by Crippen LogP contribution is 2.32. The molecule has 1 heterocycles. The van der Waals surface area contributed by atoms with Gasteiger partial charge in [0, 0.05) is 11.6 Å². The number of aliphatic hydroxyl groups excluding tert-OH is 1. The van der Waals surface area contributed by atoms with Crippen molar-refractivity contribution in [2.45, 2.75) is 26.4 Å². The summed E-state index contributed by atoms with van der Waals surface area (Å²) in [6.45, 7) is 5.13. The van der Waals surface area contributed by atoms with E-state index in [1.54, 1.807) is 45.0 Å². The molecule has 0 aromatic heterocycles. The summed E-state index contributed by atoms with van der Waals surface area (Å²) >= 11 is 0. The lowest BCUT2D eigenvalue weighted by molar-refractivity contribution is -0.145. The third-order valence-corrected chi connectivity index (χ3v) is 3.41. The second-order valence-electron chi connectivity index (χ2n) is 5.16. The topological polar surface area (TPSA) is 63.6 Å². The minimum atomic E-state index is -0.779. The van der Waals surface area contributed by atoms with Gasteiger partial charge in [-0.2, -0.15) is 0 Å². The van der Waals surface area contributed by atoms with Crippen LogP contribution in [0.15, 0.2) is 47.6 Å². The van der Waals surface area contributed by atoms with E-state index in [9.17, 15) is 14.7 Å². The number of cyclic esters (lactones) is 1. The number of hydrogen-bond acceptors (Lipinski definition) is 4. The van der Waals surface area contributed by atoms with Crippen molar-refractivity contribution in [1.82, 2.24) is 0 Å². The molecule has 0 saturated carbocycles. The zero-order chi connectivity index (χ0) is 14.9. The third-order valence-electron chi connectivity index (χ3n) is 3.41. The number of carbonyl (C=O) groups excluding carboxylic acids is 2. The Morgan fingerprint density at radius 2 is 1.85 bits per heavy atom. The molecule has 0 aliphatic carbocycles. The van der Waals surface area contributed by atoms with Crippen LogP contribution in [0.3, 0.4) is 0 Å². The maximum atomic E-state index is 12.1. The highest BCUT2D eigenvalue weighted by Gasteiger charge is 2.40. The molecule has 4 heteroatoms. The van der Waals surface area contributed by atoms with Crippen LogP contribution in [0.25, 0.3) is 5.76 Å². The molecule has 4 nitrogen and oxygen atoms in total. The maximum absolute atomic E-state index is 12.1. The molecule has 1 aliphatic heterocycles. The molecule has 0 amide bonds. The van der Waals surface area contributed by atoms with E-state index in [1.807, 2.05) is 6.07 Å². The lowest BCUT2D eigenvalue weighted by atomic mass is 9.95. The average Bonchev–Trinajstić information content (AvgIpc) is 2.59. The van der Waals surface area contributed by atoms with Crippen molar-refractivity contribution in [1.29, 1.82) is 0 Å². The molecular weight excluding hydrogens is 256 g/mol. The fourth-order valence-electron chi connectivity index (χ4n) is 1.99. The highest BCUT2D eigenvalue weighted by atomic mass is 16.6. The maximum Gasteiger partial charge on any atom is 0.343 e. The summed E-state index contributed by atoms with van der Waals surface area (Å²) in [6, 6.07) is 8.67. The minimum absolute atomic E-state index is 0.00233. The van der Waals surface area contributed by atoms with Crippen LogP contribution in [0.5, 0.6) is 0 Å². The van der Waals surface area contributed by atoms with Gasteiger partial charge in [0.05, 0.1) is 0 Å². The van der Waals surface area contributed by atoms with Crippen molar-refractivity contribution in [3.8, 4) is 0 Å². The summed E-state index contributed by atoms with van der Waals surface area (Å²) in [4.78, 5) is 23.9. The summed E-state index contributed by atoms with van der Waals surface area (Å²) in [5, 5.41) is 9.92. The first-order valence-corrected chi connectivity index (χ1v) is 6.28.